The molecule has 28 heavy (non-hydrogen) atoms. The highest BCUT2D eigenvalue weighted by molar-refractivity contribution is 6.01. The van der Waals surface area contributed by atoms with Gasteiger partial charge < -0.3 is 14.5 Å². The number of fused-ring (bicyclic) bond motifs is 1. The fourth-order valence-electron chi connectivity index (χ4n) is 3.14. The molecule has 0 aliphatic carbocycles. The Hall–Kier alpha value is -2.81. The normalized spacial score (nSPS) is 14.1. The van der Waals surface area contributed by atoms with E-state index in [4.69, 9.17) is 4.74 Å². The van der Waals surface area contributed by atoms with Gasteiger partial charge in [0.25, 0.3) is 5.91 Å². The Morgan fingerprint density at radius 2 is 1.93 bits per heavy atom. The van der Waals surface area contributed by atoms with Gasteiger partial charge in [0.15, 0.2) is 0 Å². The number of carbonyl (C=O) groups excluding carboxylic acids is 2. The summed E-state index contributed by atoms with van der Waals surface area (Å²) in [6, 6.07) is 7.88. The van der Waals surface area contributed by atoms with E-state index >= 15 is 0 Å². The summed E-state index contributed by atoms with van der Waals surface area (Å²) in [6.45, 7) is 11.5. The lowest BCUT2D eigenvalue weighted by atomic mass is 9.96. The van der Waals surface area contributed by atoms with Gasteiger partial charge in [0.1, 0.15) is 17.2 Å². The Labute approximate surface area is 167 Å². The van der Waals surface area contributed by atoms with Gasteiger partial charge in [0.2, 0.25) is 0 Å². The van der Waals surface area contributed by atoms with Gasteiger partial charge in [-0.15, -0.1) is 0 Å². The molecule has 2 amide bonds. The van der Waals surface area contributed by atoms with Crippen molar-refractivity contribution in [3.63, 3.8) is 0 Å². The number of likely N-dealkylation sites (N-methyl/N-ethyl adjacent to an activating group) is 1. The summed E-state index contributed by atoms with van der Waals surface area (Å²) in [4.78, 5) is 28.1. The molecule has 0 unspecified atom stereocenters. The van der Waals surface area contributed by atoms with Gasteiger partial charge in [-0.1, -0.05) is 12.1 Å². The number of hydrogen-bond acceptors (Lipinski definition) is 4. The van der Waals surface area contributed by atoms with Crippen LogP contribution in [0.15, 0.2) is 23.8 Å². The summed E-state index contributed by atoms with van der Waals surface area (Å²) in [5.41, 5.74) is 2.54. The van der Waals surface area contributed by atoms with Crippen LogP contribution in [0.1, 0.15) is 51.3 Å². The molecule has 1 heterocycles. The fraction of sp³-hybridized carbons (Fsp3) is 0.500. The van der Waals surface area contributed by atoms with Crippen LogP contribution < -0.4 is 0 Å². The van der Waals surface area contributed by atoms with Crippen LogP contribution >= 0.6 is 0 Å². The van der Waals surface area contributed by atoms with Crippen LogP contribution in [-0.2, 0) is 22.5 Å². The number of amides is 2. The summed E-state index contributed by atoms with van der Waals surface area (Å²) in [5.74, 6) is -0.263. The molecule has 1 aliphatic rings. The average Bonchev–Trinajstić information content (AvgIpc) is 2.64. The van der Waals surface area contributed by atoms with Crippen molar-refractivity contribution >= 4 is 18.1 Å². The van der Waals surface area contributed by atoms with Gasteiger partial charge in [0.05, 0.1) is 0 Å². The molecule has 0 N–H and O–H groups in total. The Balaban J connectivity index is 2.23. The monoisotopic (exact) mass is 383 g/mol. The molecule has 1 aliphatic heterocycles. The second-order valence-corrected chi connectivity index (χ2v) is 7.83. The summed E-state index contributed by atoms with van der Waals surface area (Å²) >= 11 is 0. The van der Waals surface area contributed by atoms with Crippen molar-refractivity contribution in [2.75, 3.05) is 19.6 Å². The van der Waals surface area contributed by atoms with Crippen molar-refractivity contribution < 1.29 is 14.3 Å². The standard InChI is InChI=1S/C22H29N3O3/c1-6-24(7-2)20(26)18(14-23)12-16-8-9-17-10-11-25(15-19(17)13-16)21(27)28-22(3,4)5/h8-9,12-13H,6-7,10-11,15H2,1-5H3/b18-12+. The predicted octanol–water partition coefficient (Wildman–Crippen LogP) is 3.76. The quantitative estimate of drug-likeness (QED) is 0.586. The molecular formula is C22H29N3O3. The number of nitrogens with zero attached hydrogens (tertiary/aromatic N) is 3. The molecule has 0 aromatic heterocycles. The van der Waals surface area contributed by atoms with E-state index in [1.54, 1.807) is 15.9 Å². The van der Waals surface area contributed by atoms with Crippen molar-refractivity contribution in [3.8, 4) is 6.07 Å². The van der Waals surface area contributed by atoms with Gasteiger partial charge in [-0.2, -0.15) is 5.26 Å². The molecule has 1 aromatic rings. The second-order valence-electron chi connectivity index (χ2n) is 7.83. The molecule has 0 radical (unpaired) electrons. The summed E-state index contributed by atoms with van der Waals surface area (Å²) in [7, 11) is 0. The van der Waals surface area contributed by atoms with Crippen LogP contribution in [0.25, 0.3) is 6.08 Å². The van der Waals surface area contributed by atoms with Gasteiger partial charge in [-0.25, -0.2) is 4.79 Å². The van der Waals surface area contributed by atoms with E-state index < -0.39 is 5.60 Å². The van der Waals surface area contributed by atoms with Crippen LogP contribution in [0.5, 0.6) is 0 Å². The lowest BCUT2D eigenvalue weighted by molar-refractivity contribution is -0.126. The highest BCUT2D eigenvalue weighted by atomic mass is 16.6. The number of rotatable bonds is 4. The van der Waals surface area contributed by atoms with Crippen LogP contribution in [0.2, 0.25) is 0 Å². The molecular weight excluding hydrogens is 354 g/mol. The molecule has 6 nitrogen and oxygen atoms in total. The van der Waals surface area contributed by atoms with E-state index in [-0.39, 0.29) is 17.6 Å². The largest absolute Gasteiger partial charge is 0.444 e. The first-order valence-electron chi connectivity index (χ1n) is 9.69. The minimum Gasteiger partial charge on any atom is -0.444 e. The number of nitriles is 1. The predicted molar refractivity (Wildman–Crippen MR) is 108 cm³/mol. The molecule has 6 heteroatoms. The molecule has 0 spiro atoms. The zero-order valence-electron chi connectivity index (χ0n) is 17.4. The van der Waals surface area contributed by atoms with Gasteiger partial charge in [-0.3, -0.25) is 4.79 Å². The van der Waals surface area contributed by atoms with Crippen molar-refractivity contribution in [2.45, 2.75) is 53.2 Å². The third-order valence-corrected chi connectivity index (χ3v) is 4.61. The summed E-state index contributed by atoms with van der Waals surface area (Å²) < 4.78 is 5.47. The molecule has 0 atom stereocenters. The number of benzene rings is 1. The Bertz CT molecular complexity index is 811. The average molecular weight is 383 g/mol. The first kappa shape index (κ1) is 21.5. The number of carbonyl (C=O) groups is 2. The summed E-state index contributed by atoms with van der Waals surface area (Å²) in [5, 5.41) is 9.42. The highest BCUT2D eigenvalue weighted by Crippen LogP contribution is 2.23. The molecule has 1 aromatic carbocycles. The molecule has 150 valence electrons. The number of hydrogen-bond donors (Lipinski definition) is 0. The first-order chi connectivity index (χ1) is 13.2. The lowest BCUT2D eigenvalue weighted by Crippen LogP contribution is -2.39. The maximum Gasteiger partial charge on any atom is 0.410 e. The van der Waals surface area contributed by atoms with E-state index in [1.807, 2.05) is 58.9 Å². The van der Waals surface area contributed by atoms with Crippen molar-refractivity contribution in [3.05, 3.63) is 40.5 Å². The minimum absolute atomic E-state index is 0.114. The van der Waals surface area contributed by atoms with E-state index in [1.165, 1.54) is 5.56 Å². The Morgan fingerprint density at radius 3 is 2.50 bits per heavy atom. The molecule has 2 rings (SSSR count). The van der Waals surface area contributed by atoms with E-state index in [9.17, 15) is 14.9 Å². The lowest BCUT2D eigenvalue weighted by Gasteiger charge is -2.31. The minimum atomic E-state index is -0.533. The topological polar surface area (TPSA) is 73.6 Å². The molecule has 0 fully saturated rings. The van der Waals surface area contributed by atoms with Crippen molar-refractivity contribution in [2.24, 2.45) is 0 Å². The zero-order chi connectivity index (χ0) is 20.9. The van der Waals surface area contributed by atoms with E-state index in [0.717, 1.165) is 17.5 Å². The third-order valence-electron chi connectivity index (χ3n) is 4.61. The molecule has 0 saturated heterocycles. The van der Waals surface area contributed by atoms with Gasteiger partial charge >= 0.3 is 6.09 Å². The van der Waals surface area contributed by atoms with Gasteiger partial charge in [0, 0.05) is 26.2 Å². The van der Waals surface area contributed by atoms with Crippen LogP contribution in [-0.4, -0.2) is 47.0 Å². The smallest absolute Gasteiger partial charge is 0.410 e. The Morgan fingerprint density at radius 1 is 1.25 bits per heavy atom. The maximum atomic E-state index is 12.5. The van der Waals surface area contributed by atoms with Crippen molar-refractivity contribution in [1.82, 2.24) is 9.80 Å². The van der Waals surface area contributed by atoms with Crippen LogP contribution in [0, 0.1) is 11.3 Å². The third kappa shape index (κ3) is 5.35. The SMILES string of the molecule is CCN(CC)C(=O)/C(C#N)=C/c1ccc2c(c1)CN(C(=O)OC(C)(C)C)CC2. The van der Waals surface area contributed by atoms with Crippen molar-refractivity contribution in [1.29, 1.82) is 5.26 Å². The maximum absolute atomic E-state index is 12.5. The van der Waals surface area contributed by atoms with Crippen LogP contribution in [0.3, 0.4) is 0 Å². The van der Waals surface area contributed by atoms with Crippen LogP contribution in [0.4, 0.5) is 4.79 Å². The molecule has 0 saturated carbocycles. The summed E-state index contributed by atoms with van der Waals surface area (Å²) in [6.07, 6.45) is 2.05. The first-order valence-corrected chi connectivity index (χ1v) is 9.69. The zero-order valence-corrected chi connectivity index (χ0v) is 17.4. The van der Waals surface area contributed by atoms with E-state index in [2.05, 4.69) is 0 Å². The van der Waals surface area contributed by atoms with E-state index in [0.29, 0.717) is 26.2 Å². The fourth-order valence-corrected chi connectivity index (χ4v) is 3.14. The van der Waals surface area contributed by atoms with Gasteiger partial charge in [-0.05, 0) is 69.9 Å². The molecule has 0 bridgehead atoms. The highest BCUT2D eigenvalue weighted by Gasteiger charge is 2.25. The Kier molecular flexibility index (Phi) is 6.85. The number of ether oxygens (including phenoxy) is 1. The second kappa shape index (κ2) is 8.92.